The minimum atomic E-state index is 0.830. The molecule has 0 bridgehead atoms. The Kier molecular flexibility index (Phi) is 12.1. The summed E-state index contributed by atoms with van der Waals surface area (Å²) in [5.41, 5.74) is 5.42. The zero-order valence-corrected chi connectivity index (χ0v) is 9.34. The Hall–Kier alpha value is -0.500. The molecular formula is C12H25NO. The molecule has 0 saturated carbocycles. The molecule has 2 nitrogen and oxygen atoms in total. The summed E-state index contributed by atoms with van der Waals surface area (Å²) in [6.07, 6.45) is 11.9. The summed E-state index contributed by atoms with van der Waals surface area (Å²) in [7, 11) is 0. The van der Waals surface area contributed by atoms with Gasteiger partial charge in [0.15, 0.2) is 0 Å². The summed E-state index contributed by atoms with van der Waals surface area (Å²) < 4.78 is 5.04. The zero-order chi connectivity index (χ0) is 10.5. The van der Waals surface area contributed by atoms with Gasteiger partial charge in [0.1, 0.15) is 0 Å². The fourth-order valence-corrected chi connectivity index (χ4v) is 1.47. The van der Waals surface area contributed by atoms with Gasteiger partial charge in [0.05, 0.1) is 12.9 Å². The van der Waals surface area contributed by atoms with Gasteiger partial charge in [-0.1, -0.05) is 45.1 Å². The van der Waals surface area contributed by atoms with Crippen molar-refractivity contribution in [2.75, 3.05) is 13.2 Å². The van der Waals surface area contributed by atoms with Crippen molar-refractivity contribution in [3.63, 3.8) is 0 Å². The normalized spacial score (nSPS) is 10.1. The lowest BCUT2D eigenvalue weighted by Crippen LogP contribution is -1.97. The van der Waals surface area contributed by atoms with Crippen molar-refractivity contribution >= 4 is 0 Å². The van der Waals surface area contributed by atoms with Crippen molar-refractivity contribution < 1.29 is 4.74 Å². The van der Waals surface area contributed by atoms with Crippen LogP contribution in [-0.4, -0.2) is 13.2 Å². The SMILES string of the molecule is C=COCCCCCCCCCCN. The molecule has 0 aromatic heterocycles. The van der Waals surface area contributed by atoms with Crippen molar-refractivity contribution in [3.8, 4) is 0 Å². The number of hydrogen-bond donors (Lipinski definition) is 1. The molecule has 0 atom stereocenters. The third kappa shape index (κ3) is 11.5. The van der Waals surface area contributed by atoms with Crippen LogP contribution in [0.4, 0.5) is 0 Å². The van der Waals surface area contributed by atoms with Crippen LogP contribution < -0.4 is 5.73 Å². The van der Waals surface area contributed by atoms with Crippen molar-refractivity contribution in [1.82, 2.24) is 0 Å². The highest BCUT2D eigenvalue weighted by Gasteiger charge is 1.91. The first-order chi connectivity index (χ1) is 6.91. The largest absolute Gasteiger partial charge is 0.502 e. The first kappa shape index (κ1) is 13.5. The predicted octanol–water partition coefficient (Wildman–Crippen LogP) is 3.23. The van der Waals surface area contributed by atoms with E-state index in [0.717, 1.165) is 19.6 Å². The fraction of sp³-hybridized carbons (Fsp3) is 0.833. The first-order valence-corrected chi connectivity index (χ1v) is 5.84. The highest BCUT2D eigenvalue weighted by molar-refractivity contribution is 4.50. The van der Waals surface area contributed by atoms with Gasteiger partial charge in [-0.05, 0) is 19.4 Å². The second kappa shape index (κ2) is 12.5. The maximum atomic E-state index is 5.42. The summed E-state index contributed by atoms with van der Waals surface area (Å²) in [6, 6.07) is 0. The highest BCUT2D eigenvalue weighted by atomic mass is 16.5. The molecule has 0 saturated heterocycles. The van der Waals surface area contributed by atoms with E-state index in [2.05, 4.69) is 6.58 Å². The lowest BCUT2D eigenvalue weighted by molar-refractivity contribution is 0.241. The summed E-state index contributed by atoms with van der Waals surface area (Å²) in [5.74, 6) is 0. The van der Waals surface area contributed by atoms with Gasteiger partial charge in [0.25, 0.3) is 0 Å². The van der Waals surface area contributed by atoms with Gasteiger partial charge in [-0.2, -0.15) is 0 Å². The van der Waals surface area contributed by atoms with E-state index >= 15 is 0 Å². The van der Waals surface area contributed by atoms with Crippen molar-refractivity contribution in [2.45, 2.75) is 51.4 Å². The molecule has 0 rings (SSSR count). The van der Waals surface area contributed by atoms with E-state index in [1.165, 1.54) is 51.2 Å². The number of nitrogens with two attached hydrogens (primary N) is 1. The first-order valence-electron chi connectivity index (χ1n) is 5.84. The van der Waals surface area contributed by atoms with Crippen LogP contribution in [-0.2, 0) is 4.74 Å². The standard InChI is InChI=1S/C12H25NO/c1-2-14-12-10-8-6-4-3-5-7-9-11-13/h2H,1,3-13H2. The Balaban J connectivity index is 2.81. The van der Waals surface area contributed by atoms with Crippen molar-refractivity contribution in [1.29, 1.82) is 0 Å². The monoisotopic (exact) mass is 199 g/mol. The lowest BCUT2D eigenvalue weighted by atomic mass is 10.1. The van der Waals surface area contributed by atoms with Gasteiger partial charge in [-0.15, -0.1) is 0 Å². The van der Waals surface area contributed by atoms with Crippen molar-refractivity contribution in [2.24, 2.45) is 5.73 Å². The van der Waals surface area contributed by atoms with Crippen LogP contribution in [0.25, 0.3) is 0 Å². The molecule has 0 aliphatic heterocycles. The van der Waals surface area contributed by atoms with Crippen LogP contribution in [0, 0.1) is 0 Å². The number of ether oxygens (including phenoxy) is 1. The molecule has 2 N–H and O–H groups in total. The van der Waals surface area contributed by atoms with Crippen molar-refractivity contribution in [3.05, 3.63) is 12.8 Å². The van der Waals surface area contributed by atoms with E-state index in [1.54, 1.807) is 0 Å². The second-order valence-corrected chi connectivity index (χ2v) is 3.65. The van der Waals surface area contributed by atoms with E-state index in [4.69, 9.17) is 10.5 Å². The second-order valence-electron chi connectivity index (χ2n) is 3.65. The minimum absolute atomic E-state index is 0.830. The van der Waals surface area contributed by atoms with Gasteiger partial charge < -0.3 is 10.5 Å². The molecule has 0 aliphatic carbocycles. The van der Waals surface area contributed by atoms with Gasteiger partial charge in [0, 0.05) is 0 Å². The molecule has 0 aromatic carbocycles. The Bertz CT molecular complexity index is 115. The molecule has 0 heterocycles. The fourth-order valence-electron chi connectivity index (χ4n) is 1.47. The maximum Gasteiger partial charge on any atom is 0.0873 e. The van der Waals surface area contributed by atoms with E-state index in [1.807, 2.05) is 0 Å². The molecule has 2 heteroatoms. The molecular weight excluding hydrogens is 174 g/mol. The van der Waals surface area contributed by atoms with E-state index < -0.39 is 0 Å². The number of unbranched alkanes of at least 4 members (excludes halogenated alkanes) is 7. The van der Waals surface area contributed by atoms with Gasteiger partial charge in [-0.3, -0.25) is 0 Å². The smallest absolute Gasteiger partial charge is 0.0873 e. The molecule has 0 spiro atoms. The highest BCUT2D eigenvalue weighted by Crippen LogP contribution is 2.08. The van der Waals surface area contributed by atoms with Crippen LogP contribution in [0.1, 0.15) is 51.4 Å². The number of rotatable bonds is 11. The molecule has 14 heavy (non-hydrogen) atoms. The Morgan fingerprint density at radius 1 is 0.857 bits per heavy atom. The number of hydrogen-bond acceptors (Lipinski definition) is 2. The van der Waals surface area contributed by atoms with Crippen LogP contribution in [0.2, 0.25) is 0 Å². The molecule has 0 fully saturated rings. The minimum Gasteiger partial charge on any atom is -0.502 e. The van der Waals surface area contributed by atoms with Crippen LogP contribution in [0.3, 0.4) is 0 Å². The molecule has 0 aliphatic rings. The average Bonchev–Trinajstić information content (AvgIpc) is 2.21. The maximum absolute atomic E-state index is 5.42. The Morgan fingerprint density at radius 2 is 1.36 bits per heavy atom. The van der Waals surface area contributed by atoms with E-state index in [0.29, 0.717) is 0 Å². The van der Waals surface area contributed by atoms with Gasteiger partial charge >= 0.3 is 0 Å². The summed E-state index contributed by atoms with van der Waals surface area (Å²) in [5, 5.41) is 0. The zero-order valence-electron chi connectivity index (χ0n) is 9.34. The summed E-state index contributed by atoms with van der Waals surface area (Å²) in [6.45, 7) is 5.18. The summed E-state index contributed by atoms with van der Waals surface area (Å²) in [4.78, 5) is 0. The van der Waals surface area contributed by atoms with E-state index in [9.17, 15) is 0 Å². The Morgan fingerprint density at radius 3 is 1.86 bits per heavy atom. The molecule has 84 valence electrons. The third-order valence-electron chi connectivity index (χ3n) is 2.33. The van der Waals surface area contributed by atoms with Crippen LogP contribution in [0.5, 0.6) is 0 Å². The predicted molar refractivity (Wildman–Crippen MR) is 62.1 cm³/mol. The molecule has 0 amide bonds. The molecule has 0 unspecified atom stereocenters. The lowest BCUT2D eigenvalue weighted by Gasteiger charge is -2.01. The van der Waals surface area contributed by atoms with Gasteiger partial charge in [0.2, 0.25) is 0 Å². The topological polar surface area (TPSA) is 35.2 Å². The molecule has 0 aromatic rings. The third-order valence-corrected chi connectivity index (χ3v) is 2.33. The van der Waals surface area contributed by atoms with Crippen LogP contribution in [0.15, 0.2) is 12.8 Å². The average molecular weight is 199 g/mol. The van der Waals surface area contributed by atoms with Crippen LogP contribution >= 0.6 is 0 Å². The summed E-state index contributed by atoms with van der Waals surface area (Å²) >= 11 is 0. The molecule has 0 radical (unpaired) electrons. The van der Waals surface area contributed by atoms with Gasteiger partial charge in [-0.25, -0.2) is 0 Å². The Labute approximate surface area is 88.5 Å². The van der Waals surface area contributed by atoms with E-state index in [-0.39, 0.29) is 0 Å². The quantitative estimate of drug-likeness (QED) is 0.409.